The van der Waals surface area contributed by atoms with E-state index in [1.807, 2.05) is 18.9 Å². The van der Waals surface area contributed by atoms with E-state index in [0.717, 1.165) is 76.3 Å². The molecule has 7 aliphatic rings. The number of cyclic esters (lactones) is 1. The molecule has 1 aliphatic carbocycles. The second kappa shape index (κ2) is 42.9. The Morgan fingerprint density at radius 1 is 0.771 bits per heavy atom. The van der Waals surface area contributed by atoms with Crippen LogP contribution in [0.15, 0.2) is 109 Å². The third-order valence-corrected chi connectivity index (χ3v) is 29.5. The molecule has 11 amide bonds. The third-order valence-electron chi connectivity index (χ3n) is 24.7. The van der Waals surface area contributed by atoms with Crippen molar-refractivity contribution in [2.75, 3.05) is 50.5 Å². The normalized spacial score (nSPS) is 25.6. The molecule has 44 nitrogen and oxygen atoms in total. The fourth-order valence-electron chi connectivity index (χ4n) is 16.0. The van der Waals surface area contributed by atoms with E-state index in [1.54, 1.807) is 31.4 Å². The monoisotopic (exact) mass is 2020 g/mol. The number of aliphatic hydroxyl groups is 5. The zero-order valence-corrected chi connectivity index (χ0v) is 81.8. The van der Waals surface area contributed by atoms with Crippen LogP contribution >= 0.6 is 57.1 Å². The van der Waals surface area contributed by atoms with Crippen LogP contribution in [0, 0.1) is 11.7 Å². The number of nitrogens with two attached hydrogens (primary N) is 1. The van der Waals surface area contributed by atoms with Crippen molar-refractivity contribution in [3.63, 3.8) is 0 Å². The second-order valence-corrected chi connectivity index (χ2v) is 39.3. The third kappa shape index (κ3) is 22.0. The Morgan fingerprint density at radius 3 is 2.13 bits per heavy atom. The number of hydrogen-bond acceptors (Lipinski definition) is 36. The molecule has 6 aromatic heterocycles. The average molecular weight is 2030 g/mol. The highest BCUT2D eigenvalue weighted by Crippen LogP contribution is 2.49. The average Bonchev–Trinajstić information content (AvgIpc) is 1.52. The SMILES string of the molecule is C=C(NC(=O)C(=C)NC(=O)c1csc(C2=NC3c4csc(n4)C4NC(=O)c5csc(n5)C(C(C)(O)C(C)O)NC(=O)C5CSC(=N5)/C(=C\C)NC(=O)C(C(C)O)NC(=O)c5csc(n5)C3(CC2)NC(=O)C(C)NC(=O)C(=C)NC(=O)C(C)NC(=O)C(C(C)CC)NC2C=Cc3c(C(C)O)cc(nc3C2O)C(=O)OC4C)n1)C(N)=O.CC1COc2c(N3CCN(C)CC3)c(F)cc3c(=O)c(C(=O)O)cn1c23. The highest BCUT2D eigenvalue weighted by Gasteiger charge is 2.52. The standard InChI is InChI=1S/C72H85N19O18S5.C18H20FN3O4/c1-14-26(3)47-63(105)78-30(7)57(99)75-28(5)56(98)76-31(8)58(100)91-72-19-18-40(66-85-43(22-111-66)59(101)77-29(6)55(97)74-27(4)54(73)96)81-52(72)42-21-112-67(83-42)49(34(11)109-69(107)41-20-37(32(9)92)36-16-17-39(79-47)51(95)50(36)80-41)89-60(102)44-24-113-68(86-44)53(71(13,108)35(12)94)90-62(104)45-23-110-65(84-45)38(15-2)82-64(106)48(33(10)93)88-61(103)46-25-114-70(72)87-46;1-10-9-26-17-14-11(16(23)12(18(24)25)8-22(10)14)7-13(19)15(17)21-5-3-20(2)4-6-21/h15-17,20-22,24-26,30-35,39,45,47-49,51-53,79,92-95,108H,4-6,14,18-19,23H2,1-3,7-13H3,(H2,73,96)(H,74,97)(H,75,99)(H,76,98)(H,77,101)(H,78,105)(H,82,106)(H,88,103)(H,89,102)(H,90,104)(H,91,100);7-8,10H,3-6,9H2,1-2H3,(H,24,25)/b38-15+;. The van der Waals surface area contributed by atoms with Crippen molar-refractivity contribution in [3.8, 4) is 5.75 Å². The van der Waals surface area contributed by atoms with Crippen LogP contribution in [0.4, 0.5) is 10.1 Å². The summed E-state index contributed by atoms with van der Waals surface area (Å²) in [6, 6.07) is -10.6. The van der Waals surface area contributed by atoms with Crippen molar-refractivity contribution in [1.82, 2.24) is 92.9 Å². The maximum Gasteiger partial charge on any atom is 0.357 e. The number of carboxylic acid groups (broad SMARTS) is 1. The quantitative estimate of drug-likeness (QED) is 0.0549. The van der Waals surface area contributed by atoms with E-state index in [0.29, 0.717) is 36.5 Å². The number of halogens is 1. The van der Waals surface area contributed by atoms with Gasteiger partial charge in [0, 0.05) is 65.2 Å². The van der Waals surface area contributed by atoms with E-state index in [9.17, 15) is 87.8 Å². The van der Waals surface area contributed by atoms with Crippen LogP contribution in [0.5, 0.6) is 5.75 Å². The lowest BCUT2D eigenvalue weighted by atomic mass is 9.80. The summed E-state index contributed by atoms with van der Waals surface area (Å²) in [4.78, 5) is 232. The number of amides is 11. The number of anilines is 1. The summed E-state index contributed by atoms with van der Waals surface area (Å²) >= 11 is 4.42. The minimum atomic E-state index is -2.21. The minimum absolute atomic E-state index is 0.0158. The number of piperazine rings is 1. The molecule has 13 bridgehead atoms. The van der Waals surface area contributed by atoms with Gasteiger partial charge in [-0.05, 0) is 106 Å². The lowest BCUT2D eigenvalue weighted by Gasteiger charge is -2.41. The van der Waals surface area contributed by atoms with Crippen LogP contribution in [0.3, 0.4) is 0 Å². The lowest BCUT2D eigenvalue weighted by molar-refractivity contribution is -0.131. The highest BCUT2D eigenvalue weighted by atomic mass is 32.2. The van der Waals surface area contributed by atoms with Gasteiger partial charge in [0.2, 0.25) is 35.0 Å². The first-order valence-corrected chi connectivity index (χ1v) is 48.7. The second-order valence-electron chi connectivity index (χ2n) is 34.8. The summed E-state index contributed by atoms with van der Waals surface area (Å²) in [7, 11) is 2.02. The van der Waals surface area contributed by atoms with E-state index >= 15 is 14.4 Å². The zero-order valence-electron chi connectivity index (χ0n) is 77.7. The summed E-state index contributed by atoms with van der Waals surface area (Å²) in [5, 5.41) is 102. The first kappa shape index (κ1) is 104. The number of ether oxygens (including phenoxy) is 2. The number of primary amides is 1. The summed E-state index contributed by atoms with van der Waals surface area (Å²) in [6.07, 6.45) is -1.84. The van der Waals surface area contributed by atoms with E-state index in [2.05, 4.69) is 103 Å². The number of aliphatic imine (C=N–C) groups is 2. The molecule has 7 aromatic rings. The first-order chi connectivity index (χ1) is 66.1. The van der Waals surface area contributed by atoms with Crippen LogP contribution in [0.2, 0.25) is 0 Å². The van der Waals surface area contributed by atoms with Gasteiger partial charge in [0.25, 0.3) is 35.4 Å². The summed E-state index contributed by atoms with van der Waals surface area (Å²) in [5.41, 5.74) is -2.01. The number of carboxylic acids is 1. The van der Waals surface area contributed by atoms with Crippen molar-refractivity contribution in [2.45, 2.75) is 198 Å². The Hall–Kier alpha value is -13.2. The molecule has 14 rings (SSSR count). The predicted molar refractivity (Wildman–Crippen MR) is 513 cm³/mol. The Kier molecular flexibility index (Phi) is 31.9. The number of aliphatic hydroxyl groups excluding tert-OH is 4. The molecule has 19 N–H and O–H groups in total. The van der Waals surface area contributed by atoms with Gasteiger partial charge in [0.1, 0.15) is 131 Å². The Labute approximate surface area is 819 Å². The van der Waals surface area contributed by atoms with Crippen LogP contribution < -0.4 is 79.3 Å². The fourth-order valence-corrected chi connectivity index (χ4v) is 20.9. The molecule has 0 saturated carbocycles. The number of rotatable bonds is 14. The number of carbonyl (C=O) groups excluding carboxylic acids is 12. The Morgan fingerprint density at radius 2 is 1.46 bits per heavy atom. The number of benzene rings is 1. The van der Waals surface area contributed by atoms with E-state index < -0.39 is 213 Å². The van der Waals surface area contributed by atoms with Gasteiger partial charge in [0.15, 0.2) is 11.6 Å². The highest BCUT2D eigenvalue weighted by molar-refractivity contribution is 8.14. The number of aromatic carboxylic acids is 1. The zero-order chi connectivity index (χ0) is 102. The number of aromatic nitrogens is 6. The van der Waals surface area contributed by atoms with Gasteiger partial charge in [0.05, 0.1) is 87.2 Å². The molecule has 1 saturated heterocycles. The minimum Gasteiger partial charge on any atom is -0.487 e. The van der Waals surface area contributed by atoms with Gasteiger partial charge in [-0.3, -0.25) is 72.8 Å². The molecule has 0 radical (unpaired) electrons. The molecule has 0 spiro atoms. The van der Waals surface area contributed by atoms with Gasteiger partial charge in [-0.2, -0.15) is 0 Å². The van der Waals surface area contributed by atoms with Crippen molar-refractivity contribution in [1.29, 1.82) is 0 Å². The molecular weight excluding hydrogens is 1920 g/mol. The summed E-state index contributed by atoms with van der Waals surface area (Å²) in [5.74, 6) is -13.7. The molecule has 1 fully saturated rings. The number of nitrogens with one attached hydrogen (secondary N) is 11. The smallest absolute Gasteiger partial charge is 0.357 e. The number of allylic oxidation sites excluding steroid dienone is 1. The lowest BCUT2D eigenvalue weighted by Crippen LogP contribution is -2.57. The molecule has 18 atom stereocenters. The molecule has 744 valence electrons. The summed E-state index contributed by atoms with van der Waals surface area (Å²) in [6.45, 7) is 30.0. The number of nitrogens with zero attached hydrogens (tertiary/aromatic N) is 10. The van der Waals surface area contributed by atoms with Crippen molar-refractivity contribution >= 4 is 167 Å². The Bertz CT molecular complexity index is 6410. The van der Waals surface area contributed by atoms with Crippen molar-refractivity contribution < 1.29 is 107 Å². The molecule has 1 aromatic carbocycles. The van der Waals surface area contributed by atoms with E-state index in [4.69, 9.17) is 30.2 Å². The van der Waals surface area contributed by atoms with Gasteiger partial charge < -0.3 is 113 Å². The fraction of sp³-hybridized carbons (Fsp3) is 0.433. The first-order valence-electron chi connectivity index (χ1n) is 44.2. The number of fused-ring (bicyclic) bond motifs is 7. The van der Waals surface area contributed by atoms with Crippen LogP contribution in [-0.2, 0) is 48.6 Å². The number of hydrogen-bond donors (Lipinski definition) is 18. The van der Waals surface area contributed by atoms with Crippen LogP contribution in [0.1, 0.15) is 227 Å². The molecule has 12 heterocycles. The maximum absolute atomic E-state index is 15.4. The number of esters is 1. The maximum atomic E-state index is 15.4. The number of thioether (sulfide) groups is 1. The van der Waals surface area contributed by atoms with Gasteiger partial charge in [-0.25, -0.2) is 38.9 Å². The molecule has 50 heteroatoms. The van der Waals surface area contributed by atoms with Crippen LogP contribution in [-0.4, -0.2) is 258 Å². The van der Waals surface area contributed by atoms with E-state index in [1.165, 1.54) is 94.4 Å². The molecule has 140 heavy (non-hydrogen) atoms. The van der Waals surface area contributed by atoms with Crippen molar-refractivity contribution in [2.24, 2.45) is 21.6 Å². The number of carbonyl (C=O) groups is 13. The van der Waals surface area contributed by atoms with Crippen molar-refractivity contribution in [3.05, 3.63) is 181 Å². The molecule has 6 aliphatic heterocycles. The number of pyridine rings is 2. The predicted octanol–water partition coefficient (Wildman–Crippen LogP) is 2.32. The molecular formula is C90H105FN22O22S5. The van der Waals surface area contributed by atoms with Gasteiger partial charge >= 0.3 is 11.9 Å². The number of thiazole rings is 4. The van der Waals surface area contributed by atoms with E-state index in [-0.39, 0.29) is 118 Å². The largest absolute Gasteiger partial charge is 0.487 e. The van der Waals surface area contributed by atoms with Crippen LogP contribution in [0.25, 0.3) is 17.0 Å². The topological polar surface area (TPSA) is 638 Å². The van der Waals surface area contributed by atoms with Gasteiger partial charge in [-0.1, -0.05) is 58.2 Å². The molecule has 18 unspecified atom stereocenters. The number of likely N-dealkylation sites (N-methyl/N-ethyl adjacent to an activating group) is 1. The Balaban J connectivity index is 0.000000541. The van der Waals surface area contributed by atoms with Gasteiger partial charge in [-0.15, -0.1) is 57.1 Å². The summed E-state index contributed by atoms with van der Waals surface area (Å²) < 4.78 is 28.8.